The predicted molar refractivity (Wildman–Crippen MR) is 80.6 cm³/mol. The van der Waals surface area contributed by atoms with Gasteiger partial charge in [-0.05, 0) is 23.8 Å². The summed E-state index contributed by atoms with van der Waals surface area (Å²) in [4.78, 5) is 22.1. The maximum Gasteiger partial charge on any atom is 0.270 e. The predicted octanol–water partition coefficient (Wildman–Crippen LogP) is 4.25. The summed E-state index contributed by atoms with van der Waals surface area (Å²) < 4.78 is 0.826. The van der Waals surface area contributed by atoms with Gasteiger partial charge < -0.3 is 0 Å². The van der Waals surface area contributed by atoms with Gasteiger partial charge in [0.25, 0.3) is 5.69 Å². The highest BCUT2D eigenvalue weighted by Gasteiger charge is 2.05. The molecule has 0 aliphatic carbocycles. The second-order valence-corrected chi connectivity index (χ2v) is 4.98. The van der Waals surface area contributed by atoms with Crippen LogP contribution in [-0.2, 0) is 0 Å². The first-order chi connectivity index (χ1) is 9.56. The van der Waals surface area contributed by atoms with Crippen LogP contribution >= 0.6 is 15.9 Å². The van der Waals surface area contributed by atoms with Crippen molar-refractivity contribution in [2.75, 3.05) is 0 Å². The van der Waals surface area contributed by atoms with E-state index in [1.165, 1.54) is 18.2 Å². The molecule has 0 fully saturated rings. The van der Waals surface area contributed by atoms with E-state index in [0.717, 1.165) is 4.47 Å². The van der Waals surface area contributed by atoms with Crippen LogP contribution in [0.2, 0.25) is 0 Å². The minimum atomic E-state index is -0.465. The molecule has 0 aliphatic rings. The molecule has 0 aliphatic heterocycles. The van der Waals surface area contributed by atoms with Crippen molar-refractivity contribution in [2.24, 2.45) is 0 Å². The Kier molecular flexibility index (Phi) is 4.42. The minimum Gasteiger partial charge on any atom is -0.289 e. The summed E-state index contributed by atoms with van der Waals surface area (Å²) in [5, 5.41) is 10.7. The number of hydrogen-bond donors (Lipinski definition) is 0. The Bertz CT molecular complexity index is 695. The van der Waals surface area contributed by atoms with Crippen LogP contribution in [0.1, 0.15) is 15.9 Å². The smallest absolute Gasteiger partial charge is 0.270 e. The van der Waals surface area contributed by atoms with Crippen molar-refractivity contribution < 1.29 is 9.72 Å². The first-order valence-electron chi connectivity index (χ1n) is 5.79. The van der Waals surface area contributed by atoms with E-state index in [4.69, 9.17) is 0 Å². The summed E-state index contributed by atoms with van der Waals surface area (Å²) in [6.45, 7) is 0. The maximum absolute atomic E-state index is 11.9. The molecule has 0 aromatic heterocycles. The second-order valence-electron chi connectivity index (χ2n) is 4.06. The highest BCUT2D eigenvalue weighted by atomic mass is 79.9. The largest absolute Gasteiger partial charge is 0.289 e. The summed E-state index contributed by atoms with van der Waals surface area (Å²) in [5.41, 5.74) is 1.17. The molecule has 0 bridgehead atoms. The van der Waals surface area contributed by atoms with Crippen molar-refractivity contribution in [3.05, 3.63) is 80.3 Å². The number of nitro benzene ring substituents is 1. The molecule has 0 saturated heterocycles. The molecule has 20 heavy (non-hydrogen) atoms. The zero-order chi connectivity index (χ0) is 14.5. The van der Waals surface area contributed by atoms with Crippen LogP contribution in [0, 0.1) is 10.1 Å². The lowest BCUT2D eigenvalue weighted by Gasteiger charge is -1.97. The van der Waals surface area contributed by atoms with Gasteiger partial charge in [-0.25, -0.2) is 0 Å². The van der Waals surface area contributed by atoms with Crippen LogP contribution in [0.4, 0.5) is 5.69 Å². The van der Waals surface area contributed by atoms with Crippen LogP contribution in [-0.4, -0.2) is 10.7 Å². The van der Waals surface area contributed by atoms with Crippen LogP contribution < -0.4 is 0 Å². The third kappa shape index (κ3) is 3.61. The molecule has 0 unspecified atom stereocenters. The first-order valence-corrected chi connectivity index (χ1v) is 6.58. The Balaban J connectivity index is 2.19. The van der Waals surface area contributed by atoms with Crippen molar-refractivity contribution in [3.8, 4) is 0 Å². The first kappa shape index (κ1) is 14.1. The normalized spacial score (nSPS) is 10.7. The summed E-state index contributed by atoms with van der Waals surface area (Å²) in [5.74, 6) is -0.155. The van der Waals surface area contributed by atoms with E-state index in [0.29, 0.717) is 11.1 Å². The summed E-state index contributed by atoms with van der Waals surface area (Å²) >= 11 is 3.30. The summed E-state index contributed by atoms with van der Waals surface area (Å²) in [6.07, 6.45) is 2.97. The molecule has 4 nitrogen and oxygen atoms in total. The van der Waals surface area contributed by atoms with Gasteiger partial charge in [-0.1, -0.05) is 46.3 Å². The maximum atomic E-state index is 11.9. The third-order valence-corrected chi connectivity index (χ3v) is 3.11. The van der Waals surface area contributed by atoms with Crippen LogP contribution in [0.15, 0.2) is 59.1 Å². The number of carbonyl (C=O) groups is 1. The molecule has 0 atom stereocenters. The zero-order valence-electron chi connectivity index (χ0n) is 10.3. The number of nitro groups is 1. The Hall–Kier alpha value is -2.27. The molecule has 2 aromatic carbocycles. The fourth-order valence-corrected chi connectivity index (χ4v) is 2.05. The monoisotopic (exact) mass is 331 g/mol. The van der Waals surface area contributed by atoms with E-state index in [9.17, 15) is 14.9 Å². The van der Waals surface area contributed by atoms with E-state index in [1.807, 2.05) is 6.07 Å². The fraction of sp³-hybridized carbons (Fsp3) is 0. The molecule has 0 saturated carbocycles. The van der Waals surface area contributed by atoms with Gasteiger partial charge in [0.15, 0.2) is 5.78 Å². The van der Waals surface area contributed by atoms with Crippen molar-refractivity contribution in [1.29, 1.82) is 0 Å². The molecule has 2 rings (SSSR count). The number of ketones is 1. The van der Waals surface area contributed by atoms with E-state index >= 15 is 0 Å². The third-order valence-electron chi connectivity index (χ3n) is 2.62. The van der Waals surface area contributed by atoms with Crippen LogP contribution in [0.5, 0.6) is 0 Å². The molecule has 2 aromatic rings. The number of benzene rings is 2. The minimum absolute atomic E-state index is 0.00190. The number of non-ortho nitro benzene ring substituents is 1. The summed E-state index contributed by atoms with van der Waals surface area (Å²) in [7, 11) is 0. The zero-order valence-corrected chi connectivity index (χ0v) is 11.9. The van der Waals surface area contributed by atoms with Crippen molar-refractivity contribution in [3.63, 3.8) is 0 Å². The standard InChI is InChI=1S/C15H10BrNO3/c16-13-5-2-4-12(10-13)15(18)8-7-11-3-1-6-14(9-11)17(19)20/h1-10H. The molecule has 0 spiro atoms. The highest BCUT2D eigenvalue weighted by Crippen LogP contribution is 2.16. The topological polar surface area (TPSA) is 60.2 Å². The molecule has 5 heteroatoms. The van der Waals surface area contributed by atoms with Crippen molar-refractivity contribution in [1.82, 2.24) is 0 Å². The van der Waals surface area contributed by atoms with Gasteiger partial charge in [0, 0.05) is 22.2 Å². The lowest BCUT2D eigenvalue weighted by atomic mass is 10.1. The molecule has 0 heterocycles. The Labute approximate surface area is 124 Å². The fourth-order valence-electron chi connectivity index (χ4n) is 1.65. The number of halogens is 1. The Morgan fingerprint density at radius 1 is 1.15 bits per heavy atom. The molecule has 100 valence electrons. The number of hydrogen-bond acceptors (Lipinski definition) is 3. The number of allylic oxidation sites excluding steroid dienone is 1. The molecule has 0 N–H and O–H groups in total. The van der Waals surface area contributed by atoms with E-state index in [-0.39, 0.29) is 11.5 Å². The van der Waals surface area contributed by atoms with Gasteiger partial charge in [0.2, 0.25) is 0 Å². The van der Waals surface area contributed by atoms with Gasteiger partial charge in [0.1, 0.15) is 0 Å². The van der Waals surface area contributed by atoms with Crippen molar-refractivity contribution in [2.45, 2.75) is 0 Å². The lowest BCUT2D eigenvalue weighted by Crippen LogP contribution is -1.93. The SMILES string of the molecule is O=C(C=Cc1cccc([N+](=O)[O-])c1)c1cccc(Br)c1. The average molecular weight is 332 g/mol. The lowest BCUT2D eigenvalue weighted by molar-refractivity contribution is -0.384. The second kappa shape index (κ2) is 6.25. The van der Waals surface area contributed by atoms with Gasteiger partial charge in [-0.2, -0.15) is 0 Å². The van der Waals surface area contributed by atoms with Crippen LogP contribution in [0.25, 0.3) is 6.08 Å². The Morgan fingerprint density at radius 2 is 1.90 bits per heavy atom. The number of rotatable bonds is 4. The molecular weight excluding hydrogens is 322 g/mol. The van der Waals surface area contributed by atoms with Gasteiger partial charge in [-0.3, -0.25) is 14.9 Å². The number of carbonyl (C=O) groups excluding carboxylic acids is 1. The van der Waals surface area contributed by atoms with Crippen molar-refractivity contribution >= 4 is 33.5 Å². The van der Waals surface area contributed by atoms with Gasteiger partial charge in [0.05, 0.1) is 4.92 Å². The van der Waals surface area contributed by atoms with Gasteiger partial charge >= 0.3 is 0 Å². The summed E-state index contributed by atoms with van der Waals surface area (Å²) in [6, 6.07) is 13.2. The van der Waals surface area contributed by atoms with E-state index < -0.39 is 4.92 Å². The molecule has 0 amide bonds. The molecular formula is C15H10BrNO3. The molecule has 0 radical (unpaired) electrons. The van der Waals surface area contributed by atoms with E-state index in [1.54, 1.807) is 36.4 Å². The average Bonchev–Trinajstić information content (AvgIpc) is 2.45. The highest BCUT2D eigenvalue weighted by molar-refractivity contribution is 9.10. The quantitative estimate of drug-likeness (QED) is 0.364. The van der Waals surface area contributed by atoms with Gasteiger partial charge in [-0.15, -0.1) is 0 Å². The number of nitrogens with zero attached hydrogens (tertiary/aromatic N) is 1. The van der Waals surface area contributed by atoms with E-state index in [2.05, 4.69) is 15.9 Å². The van der Waals surface area contributed by atoms with Crippen LogP contribution in [0.3, 0.4) is 0 Å². The Morgan fingerprint density at radius 3 is 2.60 bits per heavy atom.